The van der Waals surface area contributed by atoms with Crippen molar-refractivity contribution in [3.8, 4) is 0 Å². The quantitative estimate of drug-likeness (QED) is 0.275. The van der Waals surface area contributed by atoms with Crippen molar-refractivity contribution >= 4 is 24.7 Å². The molecule has 0 fully saturated rings. The Morgan fingerprint density at radius 2 is 1.88 bits per heavy atom. The molecule has 9 heteroatoms. The fourth-order valence-corrected chi connectivity index (χ4v) is 3.43. The van der Waals surface area contributed by atoms with Crippen molar-refractivity contribution in [1.82, 2.24) is 0 Å². The van der Waals surface area contributed by atoms with Gasteiger partial charge in [-0.05, 0) is 6.42 Å². The summed E-state index contributed by atoms with van der Waals surface area (Å²) in [5.74, 6) is 0. The Morgan fingerprint density at radius 1 is 1.19 bits per heavy atom. The molecule has 0 bridgehead atoms. The number of hydrogen-bond donors (Lipinski definition) is 0. The van der Waals surface area contributed by atoms with Gasteiger partial charge in [-0.2, -0.15) is 0 Å². The summed E-state index contributed by atoms with van der Waals surface area (Å²) in [5, 5.41) is -0.585. The van der Waals surface area contributed by atoms with Crippen LogP contribution in [0.5, 0.6) is 0 Å². The first-order valence-electron chi connectivity index (χ1n) is 8.33. The van der Waals surface area contributed by atoms with E-state index in [1.807, 2.05) is 6.07 Å². The molecule has 0 aliphatic carbocycles. The SMILES string of the molecule is CCCCCCOC[C@H](COP(=O)([O-])OC)SC(=O)c1ccccc1.[Li+]. The molecule has 1 aromatic rings. The minimum atomic E-state index is -4.33. The molecule has 0 saturated carbocycles. The molecule has 2 atom stereocenters. The van der Waals surface area contributed by atoms with Crippen molar-refractivity contribution in [2.45, 2.75) is 37.9 Å². The molecule has 0 aliphatic rings. The third kappa shape index (κ3) is 11.6. The van der Waals surface area contributed by atoms with E-state index < -0.39 is 13.1 Å². The van der Waals surface area contributed by atoms with Gasteiger partial charge in [0.15, 0.2) is 0 Å². The van der Waals surface area contributed by atoms with E-state index in [1.165, 1.54) is 0 Å². The van der Waals surface area contributed by atoms with Crippen LogP contribution < -0.4 is 23.8 Å². The molecule has 0 aliphatic heterocycles. The summed E-state index contributed by atoms with van der Waals surface area (Å²) < 4.78 is 26.0. The average molecular weight is 396 g/mol. The first-order valence-corrected chi connectivity index (χ1v) is 10.7. The second-order valence-corrected chi connectivity index (χ2v) is 8.25. The van der Waals surface area contributed by atoms with E-state index in [9.17, 15) is 14.3 Å². The Kier molecular flexibility index (Phi) is 14.8. The number of carbonyl (C=O) groups is 1. The summed E-state index contributed by atoms with van der Waals surface area (Å²) in [4.78, 5) is 23.7. The zero-order valence-corrected chi connectivity index (χ0v) is 17.4. The number of rotatable bonds is 13. The Labute approximate surface area is 172 Å². The zero-order valence-electron chi connectivity index (χ0n) is 15.7. The van der Waals surface area contributed by atoms with Crippen LogP contribution in [0.4, 0.5) is 0 Å². The Balaban J connectivity index is 0.00000625. The van der Waals surface area contributed by atoms with Gasteiger partial charge >= 0.3 is 18.9 Å². The van der Waals surface area contributed by atoms with Crippen LogP contribution in [0.25, 0.3) is 0 Å². The molecule has 0 N–H and O–H groups in total. The standard InChI is InChI=1S/C17H27O6PS.Li/c1-3-4-5-9-12-22-13-16(14-23-24(19,20)21-2)25-17(18)15-10-7-6-8-11-15;/h6-8,10-11,16H,3-5,9,12-14H2,1-2H3,(H,19,20);/q;+1/p-1/t16-;/m1./s1. The van der Waals surface area contributed by atoms with Gasteiger partial charge in [0.05, 0.1) is 18.5 Å². The number of carbonyl (C=O) groups excluding carboxylic acids is 1. The van der Waals surface area contributed by atoms with Crippen molar-refractivity contribution in [1.29, 1.82) is 0 Å². The van der Waals surface area contributed by atoms with Crippen molar-refractivity contribution in [2.24, 2.45) is 0 Å². The van der Waals surface area contributed by atoms with Gasteiger partial charge in [-0.25, -0.2) is 0 Å². The van der Waals surface area contributed by atoms with E-state index in [-0.39, 0.29) is 37.2 Å². The molecule has 0 saturated heterocycles. The first-order chi connectivity index (χ1) is 12.0. The second kappa shape index (κ2) is 14.9. The summed E-state index contributed by atoms with van der Waals surface area (Å²) >= 11 is 1.01. The Morgan fingerprint density at radius 3 is 2.50 bits per heavy atom. The van der Waals surface area contributed by atoms with E-state index in [2.05, 4.69) is 11.4 Å². The number of thioether (sulfide) groups is 1. The predicted molar refractivity (Wildman–Crippen MR) is 97.7 cm³/mol. The summed E-state index contributed by atoms with van der Waals surface area (Å²) in [6.45, 7) is 2.78. The average Bonchev–Trinajstić information content (AvgIpc) is 2.63. The van der Waals surface area contributed by atoms with Crippen LogP contribution in [0.1, 0.15) is 43.0 Å². The van der Waals surface area contributed by atoms with Gasteiger partial charge in [-0.1, -0.05) is 68.3 Å². The van der Waals surface area contributed by atoms with Crippen molar-refractivity contribution in [3.63, 3.8) is 0 Å². The molecule has 1 unspecified atom stereocenters. The third-order valence-corrected chi connectivity index (χ3v) is 5.34. The van der Waals surface area contributed by atoms with Crippen LogP contribution in [-0.2, 0) is 18.3 Å². The van der Waals surface area contributed by atoms with Crippen molar-refractivity contribution < 1.29 is 46.9 Å². The van der Waals surface area contributed by atoms with Crippen LogP contribution in [0, 0.1) is 0 Å². The summed E-state index contributed by atoms with van der Waals surface area (Å²) in [7, 11) is -3.29. The minimum absolute atomic E-state index is 0. The number of phosphoric ester groups is 1. The van der Waals surface area contributed by atoms with Gasteiger partial charge in [0.25, 0.3) is 7.82 Å². The number of phosphoric acid groups is 1. The van der Waals surface area contributed by atoms with Crippen LogP contribution in [-0.4, -0.2) is 37.3 Å². The topological polar surface area (TPSA) is 84.9 Å². The molecule has 6 nitrogen and oxygen atoms in total. The van der Waals surface area contributed by atoms with Crippen LogP contribution in [0.15, 0.2) is 30.3 Å². The smallest absolute Gasteiger partial charge is 0.756 e. The third-order valence-electron chi connectivity index (χ3n) is 3.37. The molecular formula is C17H26LiO6PS. The molecule has 26 heavy (non-hydrogen) atoms. The molecular weight excluding hydrogens is 370 g/mol. The van der Waals surface area contributed by atoms with E-state index in [0.29, 0.717) is 12.2 Å². The van der Waals surface area contributed by atoms with E-state index in [0.717, 1.165) is 44.6 Å². The van der Waals surface area contributed by atoms with Crippen LogP contribution in [0.3, 0.4) is 0 Å². The summed E-state index contributed by atoms with van der Waals surface area (Å²) in [5.41, 5.74) is 0.553. The molecule has 142 valence electrons. The second-order valence-electron chi connectivity index (χ2n) is 5.45. The predicted octanol–water partition coefficient (Wildman–Crippen LogP) is 0.661. The fraction of sp³-hybridized carbons (Fsp3) is 0.588. The molecule has 0 spiro atoms. The van der Waals surface area contributed by atoms with E-state index in [1.54, 1.807) is 24.3 Å². The van der Waals surface area contributed by atoms with Crippen molar-refractivity contribution in [2.75, 3.05) is 26.9 Å². The minimum Gasteiger partial charge on any atom is -0.756 e. The monoisotopic (exact) mass is 396 g/mol. The van der Waals surface area contributed by atoms with Gasteiger partial charge < -0.3 is 18.7 Å². The van der Waals surface area contributed by atoms with Gasteiger partial charge in [-0.15, -0.1) is 0 Å². The van der Waals surface area contributed by atoms with Gasteiger partial charge in [-0.3, -0.25) is 9.36 Å². The summed E-state index contributed by atoms with van der Waals surface area (Å²) in [6, 6.07) is 8.81. The normalized spacial score (nSPS) is 14.3. The first kappa shape index (κ1) is 25.9. The van der Waals surface area contributed by atoms with Gasteiger partial charge in [0.1, 0.15) is 0 Å². The van der Waals surface area contributed by atoms with Gasteiger partial charge in [0.2, 0.25) is 5.12 Å². The maximum absolute atomic E-state index is 12.3. The van der Waals surface area contributed by atoms with E-state index >= 15 is 0 Å². The largest absolute Gasteiger partial charge is 1.00 e. The fourth-order valence-electron chi connectivity index (χ4n) is 1.98. The Bertz CT molecular complexity index is 545. The Hall–Kier alpha value is -0.0926. The molecule has 0 amide bonds. The number of ether oxygens (including phenoxy) is 1. The molecule has 0 heterocycles. The van der Waals surface area contributed by atoms with Crippen LogP contribution >= 0.6 is 19.6 Å². The van der Waals surface area contributed by atoms with Crippen LogP contribution in [0.2, 0.25) is 0 Å². The maximum Gasteiger partial charge on any atom is 1.00 e. The molecule has 1 aromatic carbocycles. The number of benzene rings is 1. The number of unbranched alkanes of at least 4 members (excludes halogenated alkanes) is 3. The molecule has 0 aromatic heterocycles. The zero-order chi connectivity index (χ0) is 18.5. The van der Waals surface area contributed by atoms with E-state index in [4.69, 9.17) is 9.26 Å². The molecule has 0 radical (unpaired) electrons. The van der Waals surface area contributed by atoms with Gasteiger partial charge in [0, 0.05) is 19.3 Å². The maximum atomic E-state index is 12.3. The molecule has 1 rings (SSSR count). The van der Waals surface area contributed by atoms with Crippen molar-refractivity contribution in [3.05, 3.63) is 35.9 Å². The number of hydrogen-bond acceptors (Lipinski definition) is 7. The summed E-state index contributed by atoms with van der Waals surface area (Å²) in [6.07, 6.45) is 4.34.